The molecule has 0 atom stereocenters. The lowest BCUT2D eigenvalue weighted by molar-refractivity contribution is 0.579. The van der Waals surface area contributed by atoms with Crippen LogP contribution in [0.15, 0.2) is 58.0 Å². The number of aromatic nitrogens is 4. The SMILES string of the molecule is Nc1nc(SCc2ccc(Cl)cc2)nn1S(=O)(=O)c1nc2ccccc2s1. The maximum absolute atomic E-state index is 12.9. The molecule has 27 heavy (non-hydrogen) atoms. The fraction of sp³-hybridized carbons (Fsp3) is 0.0625. The van der Waals surface area contributed by atoms with E-state index in [2.05, 4.69) is 15.1 Å². The molecule has 0 radical (unpaired) electrons. The van der Waals surface area contributed by atoms with Gasteiger partial charge >= 0.3 is 10.0 Å². The number of thioether (sulfide) groups is 1. The number of hydrogen-bond donors (Lipinski definition) is 1. The average molecular weight is 438 g/mol. The van der Waals surface area contributed by atoms with Crippen LogP contribution in [0.25, 0.3) is 10.2 Å². The number of nitrogen functional groups attached to an aromatic ring is 1. The van der Waals surface area contributed by atoms with Crippen molar-refractivity contribution in [1.29, 1.82) is 0 Å². The summed E-state index contributed by atoms with van der Waals surface area (Å²) in [5.74, 6) is 0.356. The number of rotatable bonds is 5. The first-order valence-corrected chi connectivity index (χ1v) is 11.3. The summed E-state index contributed by atoms with van der Waals surface area (Å²) in [7, 11) is -4.00. The monoisotopic (exact) mass is 437 g/mol. The molecule has 2 heterocycles. The van der Waals surface area contributed by atoms with Crippen molar-refractivity contribution in [3.05, 3.63) is 59.1 Å². The number of nitrogens with zero attached hydrogens (tertiary/aromatic N) is 4. The molecule has 138 valence electrons. The molecule has 4 aromatic rings. The van der Waals surface area contributed by atoms with Crippen LogP contribution in [0.1, 0.15) is 5.56 Å². The minimum atomic E-state index is -4.00. The van der Waals surface area contributed by atoms with Crippen LogP contribution in [0, 0.1) is 0 Å². The zero-order chi connectivity index (χ0) is 19.0. The number of fused-ring (bicyclic) bond motifs is 1. The number of para-hydroxylation sites is 1. The maximum atomic E-state index is 12.9. The lowest BCUT2D eigenvalue weighted by atomic mass is 10.2. The van der Waals surface area contributed by atoms with Gasteiger partial charge in [0.25, 0.3) is 0 Å². The van der Waals surface area contributed by atoms with Gasteiger partial charge in [-0.15, -0.1) is 20.5 Å². The van der Waals surface area contributed by atoms with Crippen molar-refractivity contribution < 1.29 is 8.42 Å². The van der Waals surface area contributed by atoms with Crippen LogP contribution in [0.5, 0.6) is 0 Å². The van der Waals surface area contributed by atoms with E-state index in [4.69, 9.17) is 17.3 Å². The van der Waals surface area contributed by atoms with Crippen molar-refractivity contribution in [3.8, 4) is 0 Å². The number of anilines is 1. The lowest BCUT2D eigenvalue weighted by Crippen LogP contribution is -2.16. The largest absolute Gasteiger partial charge is 0.367 e. The maximum Gasteiger partial charge on any atom is 0.313 e. The third kappa shape index (κ3) is 3.65. The zero-order valence-electron chi connectivity index (χ0n) is 13.6. The van der Waals surface area contributed by atoms with E-state index >= 15 is 0 Å². The van der Waals surface area contributed by atoms with Gasteiger partial charge in [0.2, 0.25) is 15.4 Å². The molecule has 0 spiro atoms. The smallest absolute Gasteiger partial charge is 0.313 e. The Bertz CT molecular complexity index is 1190. The quantitative estimate of drug-likeness (QED) is 0.475. The van der Waals surface area contributed by atoms with Gasteiger partial charge in [0.15, 0.2) is 0 Å². The van der Waals surface area contributed by atoms with E-state index in [1.807, 2.05) is 24.3 Å². The normalized spacial score (nSPS) is 11.9. The molecule has 0 aliphatic rings. The Morgan fingerprint density at radius 2 is 1.85 bits per heavy atom. The molecule has 0 aliphatic heterocycles. The van der Waals surface area contributed by atoms with Gasteiger partial charge in [0, 0.05) is 10.8 Å². The highest BCUT2D eigenvalue weighted by molar-refractivity contribution is 7.98. The molecule has 7 nitrogen and oxygen atoms in total. The molecule has 11 heteroatoms. The van der Waals surface area contributed by atoms with Crippen molar-refractivity contribution in [1.82, 2.24) is 19.2 Å². The van der Waals surface area contributed by atoms with Gasteiger partial charge in [-0.1, -0.05) is 47.6 Å². The number of hydrogen-bond acceptors (Lipinski definition) is 8. The summed E-state index contributed by atoms with van der Waals surface area (Å²) >= 11 is 8.22. The summed E-state index contributed by atoms with van der Waals surface area (Å²) in [6, 6.07) is 14.5. The van der Waals surface area contributed by atoms with Gasteiger partial charge in [0.1, 0.15) is 0 Å². The Labute approximate surface area is 168 Å². The topological polar surface area (TPSA) is 104 Å². The summed E-state index contributed by atoms with van der Waals surface area (Å²) in [5.41, 5.74) is 7.42. The summed E-state index contributed by atoms with van der Waals surface area (Å²) in [4.78, 5) is 8.23. The van der Waals surface area contributed by atoms with Gasteiger partial charge in [-0.2, -0.15) is 13.4 Å². The van der Waals surface area contributed by atoms with Crippen molar-refractivity contribution in [2.75, 3.05) is 5.73 Å². The number of benzene rings is 2. The predicted molar refractivity (Wildman–Crippen MR) is 108 cm³/mol. The molecule has 0 unspecified atom stereocenters. The molecule has 2 aromatic heterocycles. The van der Waals surface area contributed by atoms with Gasteiger partial charge in [-0.05, 0) is 29.8 Å². The predicted octanol–water partition coefficient (Wildman–Crippen LogP) is 3.65. The second kappa shape index (κ2) is 7.12. The van der Waals surface area contributed by atoms with Crippen LogP contribution < -0.4 is 5.73 Å². The first-order chi connectivity index (χ1) is 12.9. The van der Waals surface area contributed by atoms with Crippen LogP contribution in [0.3, 0.4) is 0 Å². The number of nitrogens with two attached hydrogens (primary N) is 1. The molecular weight excluding hydrogens is 426 g/mol. The lowest BCUT2D eigenvalue weighted by Gasteiger charge is -2.00. The molecule has 2 N–H and O–H groups in total. The molecule has 0 amide bonds. The number of thiazole rings is 1. The third-order valence-electron chi connectivity index (χ3n) is 3.59. The van der Waals surface area contributed by atoms with Crippen molar-refractivity contribution in [3.63, 3.8) is 0 Å². The summed E-state index contributed by atoms with van der Waals surface area (Å²) in [6.45, 7) is 0. The van der Waals surface area contributed by atoms with Crippen LogP contribution >= 0.6 is 34.7 Å². The molecule has 0 saturated heterocycles. The first kappa shape index (κ1) is 18.2. The Hall–Kier alpha value is -2.14. The average Bonchev–Trinajstić information content (AvgIpc) is 3.25. The van der Waals surface area contributed by atoms with Crippen molar-refractivity contribution in [2.45, 2.75) is 15.2 Å². The molecule has 4 rings (SSSR count). The van der Waals surface area contributed by atoms with Gasteiger partial charge in [-0.3, -0.25) is 0 Å². The first-order valence-electron chi connectivity index (χ1n) is 7.64. The second-order valence-electron chi connectivity index (χ2n) is 5.46. The van der Waals surface area contributed by atoms with Crippen LogP contribution in [0.2, 0.25) is 5.02 Å². The molecular formula is C16H12ClN5O2S3. The van der Waals surface area contributed by atoms with E-state index in [0.717, 1.165) is 25.7 Å². The van der Waals surface area contributed by atoms with Gasteiger partial charge in [0.05, 0.1) is 10.2 Å². The summed E-state index contributed by atoms with van der Waals surface area (Å²) < 4.78 is 27.1. The highest BCUT2D eigenvalue weighted by atomic mass is 35.5. The molecule has 0 bridgehead atoms. The third-order valence-corrected chi connectivity index (χ3v) is 7.72. The summed E-state index contributed by atoms with van der Waals surface area (Å²) in [5, 5.41) is 4.98. The Morgan fingerprint density at radius 3 is 2.59 bits per heavy atom. The van der Waals surface area contributed by atoms with E-state index in [0.29, 0.717) is 16.3 Å². The second-order valence-corrected chi connectivity index (χ2v) is 9.81. The zero-order valence-corrected chi connectivity index (χ0v) is 16.8. The van der Waals surface area contributed by atoms with Crippen LogP contribution in [-0.2, 0) is 15.8 Å². The van der Waals surface area contributed by atoms with Gasteiger partial charge < -0.3 is 5.73 Å². The molecule has 0 saturated carbocycles. The minimum Gasteiger partial charge on any atom is -0.367 e. The highest BCUT2D eigenvalue weighted by Gasteiger charge is 2.26. The van der Waals surface area contributed by atoms with E-state index in [1.54, 1.807) is 24.3 Å². The summed E-state index contributed by atoms with van der Waals surface area (Å²) in [6.07, 6.45) is 0. The Balaban J connectivity index is 1.60. The van der Waals surface area contributed by atoms with E-state index in [-0.39, 0.29) is 15.4 Å². The fourth-order valence-corrected chi connectivity index (χ4v) is 5.69. The van der Waals surface area contributed by atoms with Gasteiger partial charge in [-0.25, -0.2) is 4.98 Å². The van der Waals surface area contributed by atoms with E-state index in [1.165, 1.54) is 11.8 Å². The Morgan fingerprint density at radius 1 is 1.11 bits per heavy atom. The van der Waals surface area contributed by atoms with Crippen molar-refractivity contribution in [2.24, 2.45) is 0 Å². The van der Waals surface area contributed by atoms with Crippen LogP contribution in [-0.4, -0.2) is 27.6 Å². The van der Waals surface area contributed by atoms with E-state index in [9.17, 15) is 8.42 Å². The number of halogens is 1. The Kier molecular flexibility index (Phi) is 4.81. The minimum absolute atomic E-state index is 0.0745. The fourth-order valence-electron chi connectivity index (χ4n) is 2.29. The molecule has 0 fully saturated rings. The highest BCUT2D eigenvalue weighted by Crippen LogP contribution is 2.28. The standard InChI is InChI=1S/C16H12ClN5O2S3/c17-11-7-5-10(6-8-11)9-25-15-20-14(18)22(21-15)27(23,24)16-19-12-3-1-2-4-13(12)26-16/h1-8H,9H2,(H2,18,20,21). The van der Waals surface area contributed by atoms with Crippen molar-refractivity contribution >= 4 is 60.9 Å². The van der Waals surface area contributed by atoms with Crippen LogP contribution in [0.4, 0.5) is 5.95 Å². The molecule has 2 aromatic carbocycles. The molecule has 0 aliphatic carbocycles. The van der Waals surface area contributed by atoms with E-state index < -0.39 is 10.0 Å².